The third-order valence-corrected chi connectivity index (χ3v) is 11.7. The van der Waals surface area contributed by atoms with Crippen LogP contribution in [0.1, 0.15) is 158 Å². The van der Waals surface area contributed by atoms with Crippen molar-refractivity contribution in [2.24, 2.45) is 17.8 Å². The van der Waals surface area contributed by atoms with Crippen LogP contribution in [0.4, 0.5) is 0 Å². The van der Waals surface area contributed by atoms with Gasteiger partial charge in [0.2, 0.25) is 6.10 Å². The number of benzene rings is 1. The average Bonchev–Trinajstić information content (AvgIpc) is 3.46. The summed E-state index contributed by atoms with van der Waals surface area (Å²) in [5, 5.41) is 0. The Labute approximate surface area is 340 Å². The molecule has 0 radical (unpaired) electrons. The number of hydrogen-bond acceptors (Lipinski definition) is 10. The molecule has 7 atom stereocenters. The quantitative estimate of drug-likeness (QED) is 0.0589. The van der Waals surface area contributed by atoms with Gasteiger partial charge in [-0.1, -0.05) is 72.6 Å². The number of pyridine rings is 1. The van der Waals surface area contributed by atoms with Gasteiger partial charge in [0.25, 0.3) is 0 Å². The van der Waals surface area contributed by atoms with Crippen molar-refractivity contribution in [2.45, 2.75) is 177 Å². The van der Waals surface area contributed by atoms with Gasteiger partial charge in [-0.2, -0.15) is 4.57 Å². The number of carbonyl (C=O) groups is 4. The first-order chi connectivity index (χ1) is 26.9. The van der Waals surface area contributed by atoms with Crippen molar-refractivity contribution in [3.8, 4) is 11.5 Å². The molecule has 1 aromatic heterocycles. The number of hydrogen-bond donors (Lipinski definition) is 0. The monoisotopic (exact) mass is 794 g/mol. The smallest absolute Gasteiger partial charge is 0.349 e. The lowest BCUT2D eigenvalue weighted by molar-refractivity contribution is -0.765. The van der Waals surface area contributed by atoms with E-state index < -0.39 is 48.4 Å². The van der Waals surface area contributed by atoms with Gasteiger partial charge in [-0.15, -0.1) is 0 Å². The van der Waals surface area contributed by atoms with Gasteiger partial charge in [-0.05, 0) is 93.9 Å². The molecule has 4 rings (SSSR count). The van der Waals surface area contributed by atoms with Gasteiger partial charge in [0.15, 0.2) is 18.5 Å². The summed E-state index contributed by atoms with van der Waals surface area (Å²) in [6.45, 7) is 21.1. The second-order valence-corrected chi connectivity index (χ2v) is 17.4. The van der Waals surface area contributed by atoms with Crippen LogP contribution >= 0.6 is 0 Å². The Kier molecular flexibility index (Phi) is 16.5. The van der Waals surface area contributed by atoms with Gasteiger partial charge in [0, 0.05) is 32.4 Å². The van der Waals surface area contributed by atoms with E-state index in [1.54, 1.807) is 22.9 Å². The van der Waals surface area contributed by atoms with E-state index in [9.17, 15) is 19.2 Å². The van der Waals surface area contributed by atoms with Crippen molar-refractivity contribution in [1.29, 1.82) is 0 Å². The minimum atomic E-state index is -1.09. The van der Waals surface area contributed by atoms with E-state index >= 15 is 0 Å². The largest absolute Gasteiger partial charge is 0.487 e. The highest BCUT2D eigenvalue weighted by atomic mass is 16.7. The number of nitrogens with zero attached hydrogens (tertiary/aromatic N) is 1. The maximum absolute atomic E-state index is 13.8. The Hall–Kier alpha value is -3.99. The molecular formula is C46H68NO10+. The fourth-order valence-electron chi connectivity index (χ4n) is 8.27. The van der Waals surface area contributed by atoms with Crippen LogP contribution in [-0.4, -0.2) is 54.4 Å². The van der Waals surface area contributed by atoms with Gasteiger partial charge < -0.3 is 28.4 Å². The van der Waals surface area contributed by atoms with E-state index in [2.05, 4.69) is 34.6 Å². The first kappa shape index (κ1) is 45.7. The molecule has 2 aliphatic rings. The first-order valence-corrected chi connectivity index (χ1v) is 21.1. The molecular weight excluding hydrogens is 727 g/mol. The van der Waals surface area contributed by atoms with Gasteiger partial charge in [0.05, 0.1) is 0 Å². The zero-order chi connectivity index (χ0) is 42.0. The predicted octanol–water partition coefficient (Wildman–Crippen LogP) is 8.97. The molecule has 3 heterocycles. The van der Waals surface area contributed by atoms with Crippen molar-refractivity contribution in [2.75, 3.05) is 6.61 Å². The maximum atomic E-state index is 13.8. The highest BCUT2D eigenvalue weighted by Crippen LogP contribution is 2.45. The minimum absolute atomic E-state index is 0.221. The molecule has 2 aromatic rings. The molecule has 11 heteroatoms. The number of carbonyl (C=O) groups excluding carboxylic acids is 4. The summed E-state index contributed by atoms with van der Waals surface area (Å²) in [7, 11) is 0. The molecule has 1 fully saturated rings. The third-order valence-electron chi connectivity index (χ3n) is 11.7. The Bertz CT molecular complexity index is 1720. The fourth-order valence-corrected chi connectivity index (χ4v) is 8.27. The van der Waals surface area contributed by atoms with Crippen LogP contribution in [0.15, 0.2) is 24.5 Å². The molecule has 2 aliphatic heterocycles. The Morgan fingerprint density at radius 3 is 2.05 bits per heavy atom. The van der Waals surface area contributed by atoms with Crippen molar-refractivity contribution in [1.82, 2.24) is 0 Å². The van der Waals surface area contributed by atoms with E-state index in [4.69, 9.17) is 28.4 Å². The van der Waals surface area contributed by atoms with Crippen LogP contribution in [0.3, 0.4) is 0 Å². The molecule has 1 saturated heterocycles. The van der Waals surface area contributed by atoms with Crippen LogP contribution in [-0.2, 0) is 39.8 Å². The number of aromatic nitrogens is 1. The molecule has 0 amide bonds. The zero-order valence-corrected chi connectivity index (χ0v) is 36.4. The summed E-state index contributed by atoms with van der Waals surface area (Å²) < 4.78 is 36.9. The summed E-state index contributed by atoms with van der Waals surface area (Å²) >= 11 is 0. The molecule has 4 unspecified atom stereocenters. The van der Waals surface area contributed by atoms with Gasteiger partial charge in [-0.25, -0.2) is 4.79 Å². The first-order valence-electron chi connectivity index (χ1n) is 21.1. The van der Waals surface area contributed by atoms with E-state index in [0.717, 1.165) is 65.5 Å². The van der Waals surface area contributed by atoms with E-state index in [-0.39, 0.29) is 17.8 Å². The molecule has 0 spiro atoms. The lowest BCUT2D eigenvalue weighted by Gasteiger charge is -2.38. The van der Waals surface area contributed by atoms with Crippen LogP contribution in [0.25, 0.3) is 0 Å². The number of fused-ring (bicyclic) bond motifs is 1. The molecule has 0 saturated carbocycles. The van der Waals surface area contributed by atoms with E-state index in [1.165, 1.54) is 71.9 Å². The molecule has 11 nitrogen and oxygen atoms in total. The standard InChI is InChI=1S/C46H68NO10/c1-28(2)16-12-17-29(3)18-13-19-30(4)20-14-23-46(11)24-22-38-33(7)40(31(5)32(6)41(38)57-46)56-45(51)37-21-15-25-47(26-37)44-43(54-36(10)50)42(53-35(9)49)39(55-44)27-52-34(8)48/h15,21,25-26,28-30,39,42-44H,12-14,16-20,22-24,27H2,1-11H3/q+1/t29-,30-,39?,42?,43?,44?,46-/m1/s1. The normalized spacial score (nSPS) is 22.6. The third kappa shape index (κ3) is 12.7. The van der Waals surface area contributed by atoms with E-state index in [0.29, 0.717) is 11.7 Å². The van der Waals surface area contributed by atoms with Gasteiger partial charge in [0.1, 0.15) is 35.4 Å². The number of ether oxygens (including phenoxy) is 6. The second-order valence-electron chi connectivity index (χ2n) is 17.4. The molecule has 1 aromatic carbocycles. The summed E-state index contributed by atoms with van der Waals surface area (Å²) in [6.07, 6.45) is 12.1. The number of esters is 4. The minimum Gasteiger partial charge on any atom is -0.487 e. The van der Waals surface area contributed by atoms with Crippen molar-refractivity contribution in [3.05, 3.63) is 52.3 Å². The summed E-state index contributed by atoms with van der Waals surface area (Å²) in [5.41, 5.74) is 3.71. The summed E-state index contributed by atoms with van der Waals surface area (Å²) in [6, 6.07) is 3.27. The summed E-state index contributed by atoms with van der Waals surface area (Å²) in [4.78, 5) is 49.5. The van der Waals surface area contributed by atoms with E-state index in [1.807, 2.05) is 20.8 Å². The Morgan fingerprint density at radius 2 is 1.44 bits per heavy atom. The lowest BCUT2D eigenvalue weighted by Crippen LogP contribution is -2.48. The maximum Gasteiger partial charge on any atom is 0.349 e. The van der Waals surface area contributed by atoms with Crippen LogP contribution in [0.5, 0.6) is 11.5 Å². The zero-order valence-electron chi connectivity index (χ0n) is 36.4. The topological polar surface area (TPSA) is 128 Å². The van der Waals surface area contributed by atoms with Crippen molar-refractivity contribution < 1.29 is 52.2 Å². The van der Waals surface area contributed by atoms with Crippen LogP contribution in [0.2, 0.25) is 0 Å². The molecule has 0 N–H and O–H groups in total. The molecule has 316 valence electrons. The van der Waals surface area contributed by atoms with Crippen LogP contribution < -0.4 is 14.0 Å². The predicted molar refractivity (Wildman–Crippen MR) is 216 cm³/mol. The second kappa shape index (κ2) is 20.6. The van der Waals surface area contributed by atoms with Crippen molar-refractivity contribution in [3.63, 3.8) is 0 Å². The summed E-state index contributed by atoms with van der Waals surface area (Å²) in [5.74, 6) is 1.35. The molecule has 0 bridgehead atoms. The van der Waals surface area contributed by atoms with Gasteiger partial charge in [-0.3, -0.25) is 14.4 Å². The fraction of sp³-hybridized carbons (Fsp3) is 0.674. The highest BCUT2D eigenvalue weighted by molar-refractivity contribution is 5.91. The van der Waals surface area contributed by atoms with Crippen molar-refractivity contribution >= 4 is 23.9 Å². The number of rotatable bonds is 19. The Morgan fingerprint density at radius 1 is 0.825 bits per heavy atom. The Balaban J connectivity index is 1.42. The average molecular weight is 795 g/mol. The lowest BCUT2D eigenvalue weighted by atomic mass is 9.83. The molecule has 57 heavy (non-hydrogen) atoms. The van der Waals surface area contributed by atoms with Crippen LogP contribution in [0, 0.1) is 38.5 Å². The highest BCUT2D eigenvalue weighted by Gasteiger charge is 2.54. The van der Waals surface area contributed by atoms with Gasteiger partial charge >= 0.3 is 30.1 Å². The molecule has 0 aliphatic carbocycles. The SMILES string of the molecule is CC(=O)OCC1OC([n+]2cccc(C(=O)Oc3c(C)c(C)c4c(c3C)CC[C@@](C)(CCC[C@H](C)CCC[C@H](C)CCCC(C)C)O4)c2)C(OC(C)=O)C1OC(C)=O.